The predicted molar refractivity (Wildman–Crippen MR) is 156 cm³/mol. The lowest BCUT2D eigenvalue weighted by Gasteiger charge is -2.39. The molecule has 1 aromatic heterocycles. The minimum atomic E-state index is -0.319. The number of hydrogen-bond acceptors (Lipinski definition) is 7. The van der Waals surface area contributed by atoms with Gasteiger partial charge in [0, 0.05) is 44.8 Å². The molecule has 2 aliphatic heterocycles. The Balaban J connectivity index is 1.80. The van der Waals surface area contributed by atoms with Crippen molar-refractivity contribution in [2.24, 2.45) is 0 Å². The van der Waals surface area contributed by atoms with Gasteiger partial charge in [-0.3, -0.25) is 19.1 Å². The minimum Gasteiger partial charge on any atom is -0.366 e. The van der Waals surface area contributed by atoms with Crippen LogP contribution in [0.3, 0.4) is 0 Å². The molecular formula is C28H32FN5O2S2. The first kappa shape index (κ1) is 27.9. The van der Waals surface area contributed by atoms with E-state index in [0.717, 1.165) is 19.3 Å². The maximum absolute atomic E-state index is 14.4. The van der Waals surface area contributed by atoms with Crippen LogP contribution in [0.2, 0.25) is 0 Å². The standard InChI is InChI=1S/C28H32FN5O2S2/c1-4-6-12-33-25(32-15-13-31(14-16-32)23-10-8-7-9-22(23)29)20(19(3)21(18-30)26(33)35)17-24-27(36)34(11-5-2)28(37)38-24/h7-10,17H,4-6,11-16H2,1-3H3/b24-17-. The van der Waals surface area contributed by atoms with Crippen LogP contribution < -0.4 is 15.4 Å². The van der Waals surface area contributed by atoms with Gasteiger partial charge in [-0.1, -0.05) is 56.4 Å². The number of rotatable bonds is 8. The van der Waals surface area contributed by atoms with Crippen LogP contribution >= 0.6 is 24.0 Å². The number of carbonyl (C=O) groups is 1. The van der Waals surface area contributed by atoms with Gasteiger partial charge in [-0.2, -0.15) is 5.26 Å². The van der Waals surface area contributed by atoms with Crippen molar-refractivity contribution in [3.63, 3.8) is 0 Å². The van der Waals surface area contributed by atoms with Crippen molar-refractivity contribution >= 4 is 51.8 Å². The van der Waals surface area contributed by atoms with E-state index in [1.165, 1.54) is 17.8 Å². The van der Waals surface area contributed by atoms with Crippen LogP contribution in [-0.2, 0) is 11.3 Å². The highest BCUT2D eigenvalue weighted by atomic mass is 32.2. The molecule has 4 rings (SSSR count). The van der Waals surface area contributed by atoms with E-state index in [1.54, 1.807) is 34.6 Å². The highest BCUT2D eigenvalue weighted by molar-refractivity contribution is 8.26. The second-order valence-corrected chi connectivity index (χ2v) is 11.1. The predicted octanol–water partition coefficient (Wildman–Crippen LogP) is 4.91. The summed E-state index contributed by atoms with van der Waals surface area (Å²) in [6, 6.07) is 8.84. The van der Waals surface area contributed by atoms with E-state index in [9.17, 15) is 19.2 Å². The Morgan fingerprint density at radius 1 is 1.08 bits per heavy atom. The van der Waals surface area contributed by atoms with Gasteiger partial charge in [0.25, 0.3) is 11.5 Å². The summed E-state index contributed by atoms with van der Waals surface area (Å²) in [5.74, 6) is 0.292. The van der Waals surface area contributed by atoms with Crippen LogP contribution in [-0.4, -0.2) is 52.4 Å². The van der Waals surface area contributed by atoms with E-state index in [-0.39, 0.29) is 22.8 Å². The average molecular weight is 554 g/mol. The Kier molecular flexibility index (Phi) is 8.90. The molecule has 0 N–H and O–H groups in total. The smallest absolute Gasteiger partial charge is 0.270 e. The maximum atomic E-state index is 14.4. The van der Waals surface area contributed by atoms with Gasteiger partial charge in [0.1, 0.15) is 27.6 Å². The van der Waals surface area contributed by atoms with E-state index >= 15 is 0 Å². The normalized spacial score (nSPS) is 17.0. The fourth-order valence-electron chi connectivity index (χ4n) is 4.92. The number of benzene rings is 1. The van der Waals surface area contributed by atoms with Crippen molar-refractivity contribution in [2.45, 2.75) is 46.6 Å². The quantitative estimate of drug-likeness (QED) is 0.340. The molecule has 0 atom stereocenters. The van der Waals surface area contributed by atoms with Gasteiger partial charge >= 0.3 is 0 Å². The fraction of sp³-hybridized carbons (Fsp3) is 0.429. The highest BCUT2D eigenvalue weighted by Crippen LogP contribution is 2.36. The van der Waals surface area contributed by atoms with Crippen LogP contribution in [0.15, 0.2) is 34.0 Å². The first-order valence-corrected chi connectivity index (χ1v) is 14.2. The van der Waals surface area contributed by atoms with Gasteiger partial charge < -0.3 is 9.80 Å². The Hall–Kier alpha value is -3.16. The number of halogens is 1. The van der Waals surface area contributed by atoms with Gasteiger partial charge in [-0.25, -0.2) is 4.39 Å². The second-order valence-electron chi connectivity index (χ2n) is 9.42. The summed E-state index contributed by atoms with van der Waals surface area (Å²) in [7, 11) is 0. The Morgan fingerprint density at radius 2 is 1.76 bits per heavy atom. The lowest BCUT2D eigenvalue weighted by Crippen LogP contribution is -2.49. The van der Waals surface area contributed by atoms with Gasteiger partial charge in [0.15, 0.2) is 0 Å². The average Bonchev–Trinajstić information content (AvgIpc) is 3.18. The van der Waals surface area contributed by atoms with Crippen molar-refractivity contribution in [3.05, 3.63) is 62.0 Å². The Labute approximate surface area is 232 Å². The van der Waals surface area contributed by atoms with Crippen molar-refractivity contribution in [2.75, 3.05) is 42.5 Å². The number of amides is 1. The first-order valence-electron chi connectivity index (χ1n) is 13.0. The summed E-state index contributed by atoms with van der Waals surface area (Å²) in [5, 5.41) is 9.89. The fourth-order valence-corrected chi connectivity index (χ4v) is 6.21. The number of pyridine rings is 1. The number of aromatic nitrogens is 1. The third-order valence-electron chi connectivity index (χ3n) is 6.95. The van der Waals surface area contributed by atoms with Crippen molar-refractivity contribution < 1.29 is 9.18 Å². The molecule has 2 aliphatic rings. The molecule has 0 unspecified atom stereocenters. The number of thiocarbonyl (C=S) groups is 1. The van der Waals surface area contributed by atoms with E-state index < -0.39 is 0 Å². The number of nitrogens with zero attached hydrogens (tertiary/aromatic N) is 5. The van der Waals surface area contributed by atoms with Crippen molar-refractivity contribution in [1.29, 1.82) is 5.26 Å². The summed E-state index contributed by atoms with van der Waals surface area (Å²) < 4.78 is 16.6. The van der Waals surface area contributed by atoms with Gasteiger partial charge in [0.05, 0.1) is 10.6 Å². The van der Waals surface area contributed by atoms with E-state index in [0.29, 0.717) is 71.1 Å². The zero-order chi connectivity index (χ0) is 27.4. The molecule has 2 fully saturated rings. The minimum absolute atomic E-state index is 0.0881. The van der Waals surface area contributed by atoms with Crippen LogP contribution in [0.4, 0.5) is 15.9 Å². The van der Waals surface area contributed by atoms with E-state index in [4.69, 9.17) is 12.2 Å². The molecular weight excluding hydrogens is 521 g/mol. The zero-order valence-corrected chi connectivity index (χ0v) is 23.6. The molecule has 38 heavy (non-hydrogen) atoms. The van der Waals surface area contributed by atoms with Crippen LogP contribution in [0, 0.1) is 24.1 Å². The third kappa shape index (κ3) is 5.36. The molecule has 0 aliphatic carbocycles. The van der Waals surface area contributed by atoms with Gasteiger partial charge in [-0.15, -0.1) is 0 Å². The summed E-state index contributed by atoms with van der Waals surface area (Å²) in [6.45, 7) is 9.08. The zero-order valence-electron chi connectivity index (χ0n) is 22.0. The summed E-state index contributed by atoms with van der Waals surface area (Å²) in [6.07, 6.45) is 4.24. The molecule has 2 aromatic rings. The third-order valence-corrected chi connectivity index (χ3v) is 8.33. The van der Waals surface area contributed by atoms with Gasteiger partial charge in [-0.05, 0) is 43.5 Å². The molecule has 0 spiro atoms. The molecule has 0 radical (unpaired) electrons. The molecule has 1 amide bonds. The van der Waals surface area contributed by atoms with Crippen molar-refractivity contribution in [1.82, 2.24) is 9.47 Å². The van der Waals surface area contributed by atoms with E-state index in [1.807, 2.05) is 17.9 Å². The largest absolute Gasteiger partial charge is 0.366 e. The number of piperazine rings is 1. The second kappa shape index (κ2) is 12.1. The number of hydrogen-bond donors (Lipinski definition) is 0. The number of thioether (sulfide) groups is 1. The molecule has 10 heteroatoms. The summed E-state index contributed by atoms with van der Waals surface area (Å²) >= 11 is 6.71. The monoisotopic (exact) mass is 553 g/mol. The molecule has 3 heterocycles. The van der Waals surface area contributed by atoms with Crippen molar-refractivity contribution in [3.8, 4) is 6.07 Å². The molecule has 0 saturated carbocycles. The van der Waals surface area contributed by atoms with E-state index in [2.05, 4.69) is 17.9 Å². The lowest BCUT2D eigenvalue weighted by atomic mass is 10.0. The van der Waals surface area contributed by atoms with Crippen LogP contribution in [0.1, 0.15) is 49.8 Å². The SMILES string of the molecule is CCCCn1c(N2CCN(c3ccccc3F)CC2)c(/C=C2\SC(=S)N(CCC)C2=O)c(C)c(C#N)c1=O. The summed E-state index contributed by atoms with van der Waals surface area (Å²) in [5.41, 5.74) is 1.57. The molecule has 1 aromatic carbocycles. The Bertz CT molecular complexity index is 1370. The number of unbranched alkanes of at least 4 members (excludes halogenated alkanes) is 1. The number of carbonyl (C=O) groups excluding carboxylic acids is 1. The molecule has 2 saturated heterocycles. The molecule has 0 bridgehead atoms. The molecule has 7 nitrogen and oxygen atoms in total. The number of nitriles is 1. The van der Waals surface area contributed by atoms with Crippen LogP contribution in [0.5, 0.6) is 0 Å². The first-order chi connectivity index (χ1) is 18.3. The number of anilines is 2. The van der Waals surface area contributed by atoms with Gasteiger partial charge in [0.2, 0.25) is 0 Å². The lowest BCUT2D eigenvalue weighted by molar-refractivity contribution is -0.122. The summed E-state index contributed by atoms with van der Waals surface area (Å²) in [4.78, 5) is 32.9. The maximum Gasteiger partial charge on any atom is 0.270 e. The topological polar surface area (TPSA) is 72.6 Å². The highest BCUT2D eigenvalue weighted by Gasteiger charge is 2.33. The number of para-hydroxylation sites is 1. The Morgan fingerprint density at radius 3 is 2.39 bits per heavy atom. The molecule has 200 valence electrons. The van der Waals surface area contributed by atoms with Crippen LogP contribution in [0.25, 0.3) is 6.08 Å².